The molecule has 0 aliphatic carbocycles. The molecule has 0 aromatic heterocycles. The normalized spacial score (nSPS) is 25.2. The fourth-order valence-corrected chi connectivity index (χ4v) is 2.83. The maximum Gasteiger partial charge on any atom is 0.0360 e. The summed E-state index contributed by atoms with van der Waals surface area (Å²) < 4.78 is 11.2. The molecule has 0 aromatic carbocycles. The molecular weight excluding hydrogens is 220 g/mol. The molecule has 1 fully saturated rings. The first-order chi connectivity index (χ1) is 7.72. The van der Waals surface area contributed by atoms with E-state index in [0.29, 0.717) is 12.1 Å². The Bertz CT molecular complexity index is 205. The summed E-state index contributed by atoms with van der Waals surface area (Å²) in [7, 11) is -0.628. The highest BCUT2D eigenvalue weighted by Crippen LogP contribution is 2.11. The Morgan fingerprint density at radius 1 is 1.50 bits per heavy atom. The molecule has 3 nitrogen and oxygen atoms in total. The average Bonchev–Trinajstić information content (AvgIpc) is 2.30. The third kappa shape index (κ3) is 5.97. The minimum atomic E-state index is -0.628. The molecule has 1 aliphatic rings. The van der Waals surface area contributed by atoms with E-state index >= 15 is 0 Å². The zero-order valence-corrected chi connectivity index (χ0v) is 11.4. The zero-order chi connectivity index (χ0) is 11.8. The van der Waals surface area contributed by atoms with Crippen molar-refractivity contribution in [1.29, 1.82) is 0 Å². The van der Waals surface area contributed by atoms with Crippen LogP contribution in [-0.2, 0) is 10.8 Å². The number of hydrogen-bond donors (Lipinski definition) is 2. The summed E-state index contributed by atoms with van der Waals surface area (Å²) in [5.41, 5.74) is 0. The van der Waals surface area contributed by atoms with Crippen LogP contribution in [0.2, 0.25) is 0 Å². The van der Waals surface area contributed by atoms with Crippen molar-refractivity contribution in [3.05, 3.63) is 0 Å². The second kappa shape index (κ2) is 8.20. The molecule has 0 aromatic rings. The molecule has 16 heavy (non-hydrogen) atoms. The van der Waals surface area contributed by atoms with E-state index in [1.54, 1.807) is 0 Å². The standard InChI is InChI=1S/C12H26N2OS/c1-3-16(15)9-8-13-11(2)10-12-6-4-5-7-14-12/h11-14H,3-10H2,1-2H3. The number of piperidine rings is 1. The average molecular weight is 246 g/mol. The summed E-state index contributed by atoms with van der Waals surface area (Å²) in [5.74, 6) is 1.57. The Labute approximate surface area is 102 Å². The largest absolute Gasteiger partial charge is 0.314 e. The van der Waals surface area contributed by atoms with Crippen LogP contribution >= 0.6 is 0 Å². The van der Waals surface area contributed by atoms with Crippen molar-refractivity contribution >= 4 is 10.8 Å². The second-order valence-electron chi connectivity index (χ2n) is 4.67. The molecule has 1 heterocycles. The van der Waals surface area contributed by atoms with E-state index in [1.807, 2.05) is 6.92 Å². The fraction of sp³-hybridized carbons (Fsp3) is 1.00. The molecule has 0 amide bonds. The van der Waals surface area contributed by atoms with Crippen LogP contribution in [-0.4, -0.2) is 40.9 Å². The molecule has 0 spiro atoms. The van der Waals surface area contributed by atoms with Gasteiger partial charge in [-0.05, 0) is 32.7 Å². The molecule has 1 saturated heterocycles. The predicted octanol–water partition coefficient (Wildman–Crippen LogP) is 1.27. The highest BCUT2D eigenvalue weighted by atomic mass is 32.2. The van der Waals surface area contributed by atoms with E-state index in [1.165, 1.54) is 32.2 Å². The van der Waals surface area contributed by atoms with Crippen molar-refractivity contribution in [3.8, 4) is 0 Å². The summed E-state index contributed by atoms with van der Waals surface area (Å²) >= 11 is 0. The van der Waals surface area contributed by atoms with Crippen LogP contribution in [0.1, 0.15) is 39.5 Å². The molecule has 0 radical (unpaired) electrons. The number of rotatable bonds is 7. The van der Waals surface area contributed by atoms with Gasteiger partial charge in [0, 0.05) is 40.9 Å². The highest BCUT2D eigenvalue weighted by Gasteiger charge is 2.15. The van der Waals surface area contributed by atoms with Crippen LogP contribution in [0.25, 0.3) is 0 Å². The first-order valence-corrected chi connectivity index (χ1v) is 8.03. The van der Waals surface area contributed by atoms with Gasteiger partial charge in [0.25, 0.3) is 0 Å². The lowest BCUT2D eigenvalue weighted by Crippen LogP contribution is -2.40. The molecule has 0 saturated carbocycles. The minimum Gasteiger partial charge on any atom is -0.314 e. The van der Waals surface area contributed by atoms with E-state index in [9.17, 15) is 4.21 Å². The lowest BCUT2D eigenvalue weighted by molar-refractivity contribution is 0.347. The molecule has 1 rings (SSSR count). The van der Waals surface area contributed by atoms with E-state index in [4.69, 9.17) is 0 Å². The van der Waals surface area contributed by atoms with Crippen molar-refractivity contribution in [3.63, 3.8) is 0 Å². The van der Waals surface area contributed by atoms with Crippen LogP contribution in [0.15, 0.2) is 0 Å². The van der Waals surface area contributed by atoms with Gasteiger partial charge in [-0.3, -0.25) is 4.21 Å². The lowest BCUT2D eigenvalue weighted by Gasteiger charge is -2.26. The van der Waals surface area contributed by atoms with Gasteiger partial charge in [0.05, 0.1) is 0 Å². The SMILES string of the molecule is CCS(=O)CCNC(C)CC1CCCCN1. The first kappa shape index (κ1) is 14.1. The van der Waals surface area contributed by atoms with Crippen molar-refractivity contribution in [1.82, 2.24) is 10.6 Å². The summed E-state index contributed by atoms with van der Waals surface area (Å²) in [6.07, 6.45) is 5.20. The van der Waals surface area contributed by atoms with Crippen molar-refractivity contribution in [2.24, 2.45) is 0 Å². The Hall–Kier alpha value is 0.0700. The van der Waals surface area contributed by atoms with Gasteiger partial charge in [0.2, 0.25) is 0 Å². The summed E-state index contributed by atoms with van der Waals surface area (Å²) in [6, 6.07) is 1.22. The Morgan fingerprint density at radius 3 is 2.94 bits per heavy atom. The first-order valence-electron chi connectivity index (χ1n) is 6.54. The van der Waals surface area contributed by atoms with Crippen LogP contribution < -0.4 is 10.6 Å². The molecule has 0 bridgehead atoms. The fourth-order valence-electron chi connectivity index (χ4n) is 2.20. The summed E-state index contributed by atoms with van der Waals surface area (Å²) in [5, 5.41) is 7.02. The molecule has 3 atom stereocenters. The van der Waals surface area contributed by atoms with E-state index in [2.05, 4.69) is 17.6 Å². The summed E-state index contributed by atoms with van der Waals surface area (Å²) in [4.78, 5) is 0. The maximum absolute atomic E-state index is 11.2. The van der Waals surface area contributed by atoms with E-state index in [0.717, 1.165) is 18.1 Å². The summed E-state index contributed by atoms with van der Waals surface area (Å²) in [6.45, 7) is 6.27. The zero-order valence-electron chi connectivity index (χ0n) is 10.6. The number of nitrogens with one attached hydrogen (secondary N) is 2. The van der Waals surface area contributed by atoms with E-state index in [-0.39, 0.29) is 0 Å². The van der Waals surface area contributed by atoms with Gasteiger partial charge in [-0.15, -0.1) is 0 Å². The molecule has 1 aliphatic heterocycles. The smallest absolute Gasteiger partial charge is 0.0360 e. The van der Waals surface area contributed by atoms with Gasteiger partial charge in [-0.25, -0.2) is 0 Å². The Morgan fingerprint density at radius 2 is 2.31 bits per heavy atom. The topological polar surface area (TPSA) is 41.1 Å². The van der Waals surface area contributed by atoms with Crippen LogP contribution in [0.5, 0.6) is 0 Å². The molecule has 4 heteroatoms. The minimum absolute atomic E-state index is 0.532. The Balaban J connectivity index is 2.05. The van der Waals surface area contributed by atoms with Gasteiger partial charge in [0.15, 0.2) is 0 Å². The van der Waals surface area contributed by atoms with Gasteiger partial charge >= 0.3 is 0 Å². The third-order valence-corrected chi connectivity index (χ3v) is 4.50. The van der Waals surface area contributed by atoms with Gasteiger partial charge in [-0.1, -0.05) is 13.3 Å². The molecule has 96 valence electrons. The molecular formula is C12H26N2OS. The van der Waals surface area contributed by atoms with Crippen molar-refractivity contribution in [2.75, 3.05) is 24.6 Å². The van der Waals surface area contributed by atoms with Gasteiger partial charge < -0.3 is 10.6 Å². The second-order valence-corrected chi connectivity index (χ2v) is 6.54. The molecule has 2 N–H and O–H groups in total. The van der Waals surface area contributed by atoms with Crippen molar-refractivity contribution < 1.29 is 4.21 Å². The van der Waals surface area contributed by atoms with Crippen LogP contribution in [0.3, 0.4) is 0 Å². The quantitative estimate of drug-likeness (QED) is 0.711. The van der Waals surface area contributed by atoms with Gasteiger partial charge in [-0.2, -0.15) is 0 Å². The third-order valence-electron chi connectivity index (χ3n) is 3.19. The Kier molecular flexibility index (Phi) is 7.25. The van der Waals surface area contributed by atoms with Crippen molar-refractivity contribution in [2.45, 2.75) is 51.6 Å². The van der Waals surface area contributed by atoms with Crippen LogP contribution in [0.4, 0.5) is 0 Å². The monoisotopic (exact) mass is 246 g/mol. The van der Waals surface area contributed by atoms with E-state index < -0.39 is 10.8 Å². The predicted molar refractivity (Wildman–Crippen MR) is 71.3 cm³/mol. The number of hydrogen-bond acceptors (Lipinski definition) is 3. The highest BCUT2D eigenvalue weighted by molar-refractivity contribution is 7.84. The maximum atomic E-state index is 11.2. The van der Waals surface area contributed by atoms with Gasteiger partial charge in [0.1, 0.15) is 0 Å². The van der Waals surface area contributed by atoms with Crippen LogP contribution in [0, 0.1) is 0 Å². The molecule has 3 unspecified atom stereocenters. The lowest BCUT2D eigenvalue weighted by atomic mass is 9.99.